The van der Waals surface area contributed by atoms with Crippen LogP contribution in [-0.4, -0.2) is 33.8 Å². The number of nitrogens with one attached hydrogen (secondary N) is 1. The zero-order chi connectivity index (χ0) is 19.7. The zero-order valence-electron chi connectivity index (χ0n) is 15.5. The van der Waals surface area contributed by atoms with Crippen LogP contribution in [0.1, 0.15) is 11.1 Å². The summed E-state index contributed by atoms with van der Waals surface area (Å²) >= 11 is 0. The Morgan fingerprint density at radius 1 is 1.04 bits per heavy atom. The molecule has 2 heterocycles. The van der Waals surface area contributed by atoms with Gasteiger partial charge in [-0.05, 0) is 36.1 Å². The first-order valence-electron chi connectivity index (χ1n) is 9.13. The molecule has 0 aliphatic carbocycles. The van der Waals surface area contributed by atoms with E-state index in [4.69, 9.17) is 0 Å². The summed E-state index contributed by atoms with van der Waals surface area (Å²) in [6.45, 7) is 1.25. The summed E-state index contributed by atoms with van der Waals surface area (Å²) in [5.74, 6) is -0.889. The maximum atomic E-state index is 14.0. The highest BCUT2D eigenvalue weighted by molar-refractivity contribution is 5.89. The van der Waals surface area contributed by atoms with Crippen molar-refractivity contribution in [3.05, 3.63) is 71.3 Å². The van der Waals surface area contributed by atoms with Gasteiger partial charge < -0.3 is 4.90 Å². The summed E-state index contributed by atoms with van der Waals surface area (Å²) < 4.78 is 28.6. The van der Waals surface area contributed by atoms with Gasteiger partial charge in [0.25, 0.3) is 0 Å². The monoisotopic (exact) mass is 382 g/mol. The molecule has 1 aromatic heterocycles. The highest BCUT2D eigenvalue weighted by atomic mass is 19.1. The normalized spacial score (nSPS) is 13.8. The molecule has 0 unspecified atom stereocenters. The number of carbonyl (C=O) groups is 1. The summed E-state index contributed by atoms with van der Waals surface area (Å²) in [5, 5.41) is 7.09. The van der Waals surface area contributed by atoms with E-state index in [0.29, 0.717) is 24.6 Å². The van der Waals surface area contributed by atoms with Crippen LogP contribution < -0.4 is 5.32 Å². The lowest BCUT2D eigenvalue weighted by Gasteiger charge is -2.20. The van der Waals surface area contributed by atoms with E-state index in [9.17, 15) is 13.6 Å². The minimum atomic E-state index is -0.693. The Labute approximate surface area is 161 Å². The Morgan fingerprint density at radius 2 is 1.71 bits per heavy atom. The van der Waals surface area contributed by atoms with Crippen LogP contribution in [0.25, 0.3) is 11.3 Å². The molecular formula is C21H20F2N4O. The molecule has 5 nitrogen and oxygen atoms in total. The maximum absolute atomic E-state index is 14.0. The highest BCUT2D eigenvalue weighted by Gasteiger charge is 2.20. The van der Waals surface area contributed by atoms with Gasteiger partial charge in [-0.3, -0.25) is 10.00 Å². The Hall–Kier alpha value is -3.22. The molecule has 0 bridgehead atoms. The Morgan fingerprint density at radius 3 is 2.36 bits per heavy atom. The third-order valence-electron chi connectivity index (χ3n) is 5.03. The number of hydrogen-bond acceptors (Lipinski definition) is 2. The van der Waals surface area contributed by atoms with Crippen molar-refractivity contribution in [2.75, 3.05) is 18.4 Å². The lowest BCUT2D eigenvalue weighted by atomic mass is 10.0. The number of urea groups is 1. The fourth-order valence-corrected chi connectivity index (χ4v) is 3.47. The van der Waals surface area contributed by atoms with Crippen LogP contribution in [0.5, 0.6) is 0 Å². The van der Waals surface area contributed by atoms with E-state index in [1.54, 1.807) is 18.0 Å². The van der Waals surface area contributed by atoms with Crippen LogP contribution in [0.2, 0.25) is 0 Å². The van der Waals surface area contributed by atoms with Crippen molar-refractivity contribution in [1.29, 1.82) is 0 Å². The van der Waals surface area contributed by atoms with Gasteiger partial charge in [0.2, 0.25) is 0 Å². The molecule has 2 aromatic carbocycles. The molecule has 2 amide bonds. The average molecular weight is 382 g/mol. The van der Waals surface area contributed by atoms with Gasteiger partial charge in [-0.25, -0.2) is 13.6 Å². The first kappa shape index (κ1) is 18.2. The molecule has 144 valence electrons. The average Bonchev–Trinajstić information content (AvgIpc) is 2.89. The Bertz CT molecular complexity index is 1000. The molecule has 4 rings (SSSR count). The first-order chi connectivity index (χ1) is 13.5. The van der Waals surface area contributed by atoms with Gasteiger partial charge >= 0.3 is 6.03 Å². The number of aryl methyl sites for hydroxylation is 1. The summed E-state index contributed by atoms with van der Waals surface area (Å²) in [7, 11) is 1.67. The van der Waals surface area contributed by atoms with Crippen LogP contribution in [0.3, 0.4) is 0 Å². The molecule has 0 atom stereocenters. The molecule has 1 aliphatic heterocycles. The number of rotatable bonds is 2. The fourth-order valence-electron chi connectivity index (χ4n) is 3.47. The number of aromatic nitrogens is 2. The lowest BCUT2D eigenvalue weighted by Crippen LogP contribution is -2.37. The van der Waals surface area contributed by atoms with Crippen LogP contribution in [0.4, 0.5) is 19.4 Å². The lowest BCUT2D eigenvalue weighted by molar-refractivity contribution is 0.214. The van der Waals surface area contributed by atoms with Gasteiger partial charge in [-0.15, -0.1) is 0 Å². The molecule has 3 aromatic rings. The molecule has 0 fully saturated rings. The fraction of sp³-hybridized carbons (Fsp3) is 0.238. The standard InChI is InChI=1S/C21H20F2N4O/c1-26-20(13-19(25-26)17-7-6-16(22)12-18(17)23)24-21(28)27-10-8-14-4-2-3-5-15(14)9-11-27/h2-7,12-13H,8-11H2,1H3,(H,24,28). The molecule has 0 radical (unpaired) electrons. The number of halogens is 2. The van der Waals surface area contributed by atoms with Crippen molar-refractivity contribution in [2.45, 2.75) is 12.8 Å². The van der Waals surface area contributed by atoms with E-state index < -0.39 is 11.6 Å². The number of anilines is 1. The number of carbonyl (C=O) groups excluding carboxylic acids is 1. The SMILES string of the molecule is Cn1nc(-c2ccc(F)cc2F)cc1NC(=O)N1CCc2ccccc2CC1. The molecule has 0 spiro atoms. The molecule has 7 heteroatoms. The van der Waals surface area contributed by atoms with Gasteiger partial charge in [-0.2, -0.15) is 5.10 Å². The first-order valence-corrected chi connectivity index (χ1v) is 9.13. The van der Waals surface area contributed by atoms with E-state index in [1.165, 1.54) is 27.9 Å². The third-order valence-corrected chi connectivity index (χ3v) is 5.03. The van der Waals surface area contributed by atoms with Gasteiger partial charge in [0.05, 0.1) is 5.69 Å². The van der Waals surface area contributed by atoms with Crippen LogP contribution in [0.15, 0.2) is 48.5 Å². The maximum Gasteiger partial charge on any atom is 0.323 e. The number of amides is 2. The van der Waals surface area contributed by atoms with E-state index in [0.717, 1.165) is 18.9 Å². The van der Waals surface area contributed by atoms with Gasteiger partial charge in [-0.1, -0.05) is 24.3 Å². The predicted molar refractivity (Wildman–Crippen MR) is 103 cm³/mol. The summed E-state index contributed by atoms with van der Waals surface area (Å²) in [6.07, 6.45) is 1.61. The van der Waals surface area contributed by atoms with Crippen molar-refractivity contribution in [1.82, 2.24) is 14.7 Å². The highest BCUT2D eigenvalue weighted by Crippen LogP contribution is 2.25. The Balaban J connectivity index is 1.49. The van der Waals surface area contributed by atoms with Crippen LogP contribution in [-0.2, 0) is 19.9 Å². The van der Waals surface area contributed by atoms with E-state index >= 15 is 0 Å². The zero-order valence-corrected chi connectivity index (χ0v) is 15.5. The minimum absolute atomic E-state index is 0.183. The van der Waals surface area contributed by atoms with Gasteiger partial charge in [0.1, 0.15) is 17.5 Å². The number of benzene rings is 2. The van der Waals surface area contributed by atoms with Gasteiger partial charge in [0, 0.05) is 37.8 Å². The second-order valence-electron chi connectivity index (χ2n) is 6.85. The van der Waals surface area contributed by atoms with E-state index in [-0.39, 0.29) is 11.6 Å². The second-order valence-corrected chi connectivity index (χ2v) is 6.85. The predicted octanol–water partition coefficient (Wildman–Crippen LogP) is 4.00. The summed E-state index contributed by atoms with van der Waals surface area (Å²) in [6, 6.07) is 12.9. The van der Waals surface area contributed by atoms with Gasteiger partial charge in [0.15, 0.2) is 0 Å². The molecule has 28 heavy (non-hydrogen) atoms. The quantitative estimate of drug-likeness (QED) is 0.728. The molecular weight excluding hydrogens is 362 g/mol. The van der Waals surface area contributed by atoms with Crippen molar-refractivity contribution in [3.63, 3.8) is 0 Å². The third kappa shape index (κ3) is 3.60. The molecule has 0 saturated carbocycles. The second kappa shape index (κ2) is 7.42. The largest absolute Gasteiger partial charge is 0.324 e. The number of nitrogens with zero attached hydrogens (tertiary/aromatic N) is 3. The van der Waals surface area contributed by atoms with Crippen molar-refractivity contribution in [3.8, 4) is 11.3 Å². The smallest absolute Gasteiger partial charge is 0.323 e. The molecule has 1 N–H and O–H groups in total. The van der Waals surface area contributed by atoms with Crippen molar-refractivity contribution in [2.24, 2.45) is 7.05 Å². The van der Waals surface area contributed by atoms with Crippen LogP contribution >= 0.6 is 0 Å². The molecule has 0 saturated heterocycles. The summed E-state index contributed by atoms with van der Waals surface area (Å²) in [4.78, 5) is 14.5. The van der Waals surface area contributed by atoms with Crippen LogP contribution in [0, 0.1) is 11.6 Å². The van der Waals surface area contributed by atoms with Crippen molar-refractivity contribution >= 4 is 11.8 Å². The molecule has 1 aliphatic rings. The number of hydrogen-bond donors (Lipinski definition) is 1. The minimum Gasteiger partial charge on any atom is -0.324 e. The topological polar surface area (TPSA) is 50.2 Å². The van der Waals surface area contributed by atoms with E-state index in [2.05, 4.69) is 22.5 Å². The number of fused-ring (bicyclic) bond motifs is 1. The Kier molecular flexibility index (Phi) is 4.81. The van der Waals surface area contributed by atoms with E-state index in [1.807, 2.05) is 12.1 Å². The summed E-state index contributed by atoms with van der Waals surface area (Å²) in [5.41, 5.74) is 3.06. The van der Waals surface area contributed by atoms with Crippen molar-refractivity contribution < 1.29 is 13.6 Å².